The van der Waals surface area contributed by atoms with Crippen LogP contribution in [-0.4, -0.2) is 36.5 Å². The van der Waals surface area contributed by atoms with Crippen molar-refractivity contribution in [3.05, 3.63) is 35.0 Å². The van der Waals surface area contributed by atoms with Crippen molar-refractivity contribution < 1.29 is 14.2 Å². The van der Waals surface area contributed by atoms with Crippen LogP contribution in [0.15, 0.2) is 24.3 Å². The Hall–Kier alpha value is -2.25. The molecule has 1 fully saturated rings. The summed E-state index contributed by atoms with van der Waals surface area (Å²) in [5.41, 5.74) is 6.78. The molecule has 1 aromatic heterocycles. The molecule has 1 saturated heterocycles. The molecule has 0 bridgehead atoms. The van der Waals surface area contributed by atoms with E-state index < -0.39 is 0 Å². The summed E-state index contributed by atoms with van der Waals surface area (Å²) >= 11 is 5.97. The Morgan fingerprint density at radius 2 is 1.92 bits per heavy atom. The monoisotopic (exact) mass is 362 g/mol. The van der Waals surface area contributed by atoms with E-state index in [9.17, 15) is 0 Å². The third-order valence-corrected chi connectivity index (χ3v) is 4.95. The van der Waals surface area contributed by atoms with Crippen LogP contribution >= 0.6 is 11.6 Å². The SMILES string of the molecule is Nc1nc(Cl)cc(NCC2(c3ccc4c(c3)OCO4)CCOCC2)n1. The van der Waals surface area contributed by atoms with Crippen molar-refractivity contribution in [3.8, 4) is 11.5 Å². The van der Waals surface area contributed by atoms with E-state index in [2.05, 4.69) is 27.4 Å². The molecule has 0 amide bonds. The molecule has 2 aliphatic heterocycles. The van der Waals surface area contributed by atoms with Crippen molar-refractivity contribution in [2.45, 2.75) is 18.3 Å². The minimum Gasteiger partial charge on any atom is -0.454 e. The van der Waals surface area contributed by atoms with Gasteiger partial charge >= 0.3 is 0 Å². The van der Waals surface area contributed by atoms with Crippen molar-refractivity contribution in [2.24, 2.45) is 0 Å². The number of anilines is 2. The first-order chi connectivity index (χ1) is 12.1. The largest absolute Gasteiger partial charge is 0.454 e. The minimum atomic E-state index is -0.0918. The number of benzene rings is 1. The summed E-state index contributed by atoms with van der Waals surface area (Å²) in [6.07, 6.45) is 1.79. The second kappa shape index (κ2) is 6.57. The molecule has 0 unspecified atom stereocenters. The van der Waals surface area contributed by atoms with Gasteiger partial charge in [-0.2, -0.15) is 4.98 Å². The van der Waals surface area contributed by atoms with Gasteiger partial charge in [0.2, 0.25) is 12.7 Å². The van der Waals surface area contributed by atoms with Gasteiger partial charge in [0.15, 0.2) is 11.5 Å². The normalized spacial score (nSPS) is 18.1. The third-order valence-electron chi connectivity index (χ3n) is 4.75. The molecule has 132 valence electrons. The van der Waals surface area contributed by atoms with E-state index in [1.165, 1.54) is 5.56 Å². The van der Waals surface area contributed by atoms with Gasteiger partial charge in [0, 0.05) is 31.2 Å². The fourth-order valence-electron chi connectivity index (χ4n) is 3.34. The molecule has 0 spiro atoms. The zero-order valence-corrected chi connectivity index (χ0v) is 14.4. The van der Waals surface area contributed by atoms with E-state index in [4.69, 9.17) is 31.5 Å². The van der Waals surface area contributed by atoms with E-state index in [0.717, 1.165) is 24.3 Å². The Morgan fingerprint density at radius 3 is 2.72 bits per heavy atom. The molecule has 0 saturated carbocycles. The first-order valence-corrected chi connectivity index (χ1v) is 8.54. The summed E-state index contributed by atoms with van der Waals surface area (Å²) < 4.78 is 16.5. The van der Waals surface area contributed by atoms with Crippen LogP contribution < -0.4 is 20.5 Å². The maximum absolute atomic E-state index is 5.97. The maximum atomic E-state index is 5.97. The van der Waals surface area contributed by atoms with Gasteiger partial charge in [0.25, 0.3) is 0 Å². The molecule has 3 N–H and O–H groups in total. The van der Waals surface area contributed by atoms with Crippen LogP contribution in [-0.2, 0) is 10.2 Å². The van der Waals surface area contributed by atoms with Crippen LogP contribution in [0.4, 0.5) is 11.8 Å². The minimum absolute atomic E-state index is 0.0918. The smallest absolute Gasteiger partial charge is 0.231 e. The van der Waals surface area contributed by atoms with Gasteiger partial charge in [-0.3, -0.25) is 0 Å². The van der Waals surface area contributed by atoms with Gasteiger partial charge in [0.05, 0.1) is 0 Å². The molecule has 2 aromatic rings. The van der Waals surface area contributed by atoms with Crippen LogP contribution in [0.2, 0.25) is 5.15 Å². The topological polar surface area (TPSA) is 91.5 Å². The highest BCUT2D eigenvalue weighted by molar-refractivity contribution is 6.29. The van der Waals surface area contributed by atoms with E-state index >= 15 is 0 Å². The lowest BCUT2D eigenvalue weighted by Gasteiger charge is -2.38. The Balaban J connectivity index is 1.61. The number of rotatable bonds is 4. The zero-order chi connectivity index (χ0) is 17.3. The highest BCUT2D eigenvalue weighted by Gasteiger charge is 2.35. The summed E-state index contributed by atoms with van der Waals surface area (Å²) in [6.45, 7) is 2.38. The molecule has 25 heavy (non-hydrogen) atoms. The molecular formula is C17H19ClN4O3. The molecule has 0 aliphatic carbocycles. The van der Waals surface area contributed by atoms with Gasteiger partial charge in [-0.05, 0) is 30.5 Å². The van der Waals surface area contributed by atoms with Crippen molar-refractivity contribution >= 4 is 23.4 Å². The number of nitrogen functional groups attached to an aromatic ring is 1. The fraction of sp³-hybridized carbons (Fsp3) is 0.412. The number of ether oxygens (including phenoxy) is 3. The van der Waals surface area contributed by atoms with Crippen LogP contribution in [0.3, 0.4) is 0 Å². The average molecular weight is 363 g/mol. The van der Waals surface area contributed by atoms with Crippen molar-refractivity contribution in [1.82, 2.24) is 9.97 Å². The van der Waals surface area contributed by atoms with Crippen molar-refractivity contribution in [3.63, 3.8) is 0 Å². The lowest BCUT2D eigenvalue weighted by Crippen LogP contribution is -2.40. The summed E-state index contributed by atoms with van der Waals surface area (Å²) in [4.78, 5) is 8.08. The second-order valence-electron chi connectivity index (χ2n) is 6.25. The number of nitrogens with two attached hydrogens (primary N) is 1. The lowest BCUT2D eigenvalue weighted by atomic mass is 9.74. The van der Waals surface area contributed by atoms with E-state index in [1.807, 2.05) is 6.07 Å². The quantitative estimate of drug-likeness (QED) is 0.807. The van der Waals surface area contributed by atoms with Gasteiger partial charge in [-0.1, -0.05) is 17.7 Å². The lowest BCUT2D eigenvalue weighted by molar-refractivity contribution is 0.0543. The number of nitrogens with one attached hydrogen (secondary N) is 1. The number of fused-ring (bicyclic) bond motifs is 1. The van der Waals surface area contributed by atoms with Gasteiger partial charge < -0.3 is 25.3 Å². The average Bonchev–Trinajstić information content (AvgIpc) is 3.08. The summed E-state index contributed by atoms with van der Waals surface area (Å²) in [5, 5.41) is 3.68. The van der Waals surface area contributed by atoms with Gasteiger partial charge in [0.1, 0.15) is 11.0 Å². The van der Waals surface area contributed by atoms with Crippen molar-refractivity contribution in [1.29, 1.82) is 0 Å². The number of nitrogens with zero attached hydrogens (tertiary/aromatic N) is 2. The van der Waals surface area contributed by atoms with Crippen LogP contribution in [0.25, 0.3) is 0 Å². The second-order valence-corrected chi connectivity index (χ2v) is 6.64. The fourth-order valence-corrected chi connectivity index (χ4v) is 3.53. The Bertz CT molecular complexity index is 760. The molecule has 1 aromatic carbocycles. The van der Waals surface area contributed by atoms with Crippen LogP contribution in [0.1, 0.15) is 18.4 Å². The molecule has 8 heteroatoms. The molecule has 0 atom stereocenters. The molecule has 0 radical (unpaired) electrons. The van der Waals surface area contributed by atoms with Crippen molar-refractivity contribution in [2.75, 3.05) is 37.6 Å². The Kier molecular flexibility index (Phi) is 4.27. The molecule has 2 aliphatic rings. The summed E-state index contributed by atoms with van der Waals surface area (Å²) in [7, 11) is 0. The van der Waals surface area contributed by atoms with Gasteiger partial charge in [-0.25, -0.2) is 4.98 Å². The first-order valence-electron chi connectivity index (χ1n) is 8.16. The predicted molar refractivity (Wildman–Crippen MR) is 94.2 cm³/mol. The molecule has 7 nitrogen and oxygen atoms in total. The number of halogens is 1. The number of hydrogen-bond donors (Lipinski definition) is 2. The standard InChI is InChI=1S/C17H19ClN4O3/c18-14-8-15(22-16(19)21-14)20-9-17(3-5-23-6-4-17)11-1-2-12-13(7-11)25-10-24-12/h1-2,7-8H,3-6,9-10H2,(H3,19,20,21,22). The number of aromatic nitrogens is 2. The Morgan fingerprint density at radius 1 is 1.12 bits per heavy atom. The predicted octanol–water partition coefficient (Wildman–Crippen LogP) is 2.60. The summed E-state index contributed by atoms with van der Waals surface area (Å²) in [5.74, 6) is 2.34. The Labute approximate surface area is 150 Å². The highest BCUT2D eigenvalue weighted by atomic mass is 35.5. The molecular weight excluding hydrogens is 344 g/mol. The summed E-state index contributed by atoms with van der Waals surface area (Å²) in [6, 6.07) is 7.80. The van der Waals surface area contributed by atoms with E-state index in [0.29, 0.717) is 30.7 Å². The van der Waals surface area contributed by atoms with Gasteiger partial charge in [-0.15, -0.1) is 0 Å². The van der Waals surface area contributed by atoms with E-state index in [1.54, 1.807) is 6.07 Å². The zero-order valence-electron chi connectivity index (χ0n) is 13.6. The molecule has 3 heterocycles. The first kappa shape index (κ1) is 16.2. The maximum Gasteiger partial charge on any atom is 0.231 e. The number of hydrogen-bond acceptors (Lipinski definition) is 7. The van der Waals surface area contributed by atoms with Crippen LogP contribution in [0, 0.1) is 0 Å². The van der Waals surface area contributed by atoms with Crippen LogP contribution in [0.5, 0.6) is 11.5 Å². The highest BCUT2D eigenvalue weighted by Crippen LogP contribution is 2.41. The third kappa shape index (κ3) is 3.29. The van der Waals surface area contributed by atoms with E-state index in [-0.39, 0.29) is 18.2 Å². The molecule has 4 rings (SSSR count).